The Morgan fingerprint density at radius 3 is 2.67 bits per heavy atom. The van der Waals surface area contributed by atoms with Gasteiger partial charge in [-0.2, -0.15) is 0 Å². The van der Waals surface area contributed by atoms with Gasteiger partial charge < -0.3 is 21.3 Å². The van der Waals surface area contributed by atoms with Gasteiger partial charge in [-0.05, 0) is 34.1 Å². The number of carbonyl (C=O) groups excluding carboxylic acids is 1. The molecule has 0 aromatic carbocycles. The van der Waals surface area contributed by atoms with Crippen molar-refractivity contribution in [3.05, 3.63) is 0 Å². The van der Waals surface area contributed by atoms with E-state index in [0.717, 1.165) is 32.0 Å². The highest BCUT2D eigenvalue weighted by molar-refractivity contribution is 14.0. The highest BCUT2D eigenvalue weighted by Crippen LogP contribution is 2.02. The van der Waals surface area contributed by atoms with E-state index in [2.05, 4.69) is 47.0 Å². The number of nitrogens with zero attached hydrogens (tertiary/aromatic N) is 1. The number of hydrogen-bond acceptors (Lipinski definition) is 3. The lowest BCUT2D eigenvalue weighted by molar-refractivity contribution is -0.122. The SMILES string of the molecule is CCNC(=NCCNC(C)(C)C)NC1CCC(=O)NC1.I. The van der Waals surface area contributed by atoms with Crippen LogP contribution in [0, 0.1) is 0 Å². The molecule has 1 fully saturated rings. The normalized spacial score (nSPS) is 19.5. The van der Waals surface area contributed by atoms with Crippen molar-refractivity contribution in [2.75, 3.05) is 26.2 Å². The number of aliphatic imine (C=N–C) groups is 1. The molecule has 1 aliphatic heterocycles. The van der Waals surface area contributed by atoms with E-state index in [-0.39, 0.29) is 41.5 Å². The molecule has 0 bridgehead atoms. The van der Waals surface area contributed by atoms with Crippen molar-refractivity contribution in [3.63, 3.8) is 0 Å². The molecule has 1 saturated heterocycles. The van der Waals surface area contributed by atoms with Gasteiger partial charge in [-0.15, -0.1) is 24.0 Å². The molecule has 1 aliphatic rings. The maximum absolute atomic E-state index is 11.1. The van der Waals surface area contributed by atoms with Crippen LogP contribution in [-0.4, -0.2) is 49.6 Å². The van der Waals surface area contributed by atoms with Crippen LogP contribution in [0.2, 0.25) is 0 Å². The summed E-state index contributed by atoms with van der Waals surface area (Å²) in [6.45, 7) is 11.6. The Labute approximate surface area is 145 Å². The molecule has 124 valence electrons. The van der Waals surface area contributed by atoms with Crippen molar-refractivity contribution < 1.29 is 4.79 Å². The highest BCUT2D eigenvalue weighted by atomic mass is 127. The Balaban J connectivity index is 0.00000400. The Morgan fingerprint density at radius 1 is 1.43 bits per heavy atom. The van der Waals surface area contributed by atoms with Gasteiger partial charge in [-0.1, -0.05) is 0 Å². The first kappa shape index (κ1) is 20.4. The summed E-state index contributed by atoms with van der Waals surface area (Å²) in [5.41, 5.74) is 0.120. The number of rotatable bonds is 5. The van der Waals surface area contributed by atoms with Gasteiger partial charge >= 0.3 is 0 Å². The molecule has 1 unspecified atom stereocenters. The molecule has 0 spiro atoms. The summed E-state index contributed by atoms with van der Waals surface area (Å²) in [6.07, 6.45) is 1.44. The number of piperidine rings is 1. The van der Waals surface area contributed by atoms with Gasteiger partial charge in [0.2, 0.25) is 5.91 Å². The number of halogens is 1. The van der Waals surface area contributed by atoms with Crippen LogP contribution in [0.3, 0.4) is 0 Å². The van der Waals surface area contributed by atoms with Gasteiger partial charge in [0.1, 0.15) is 0 Å². The first-order chi connectivity index (χ1) is 9.40. The van der Waals surface area contributed by atoms with Crippen molar-refractivity contribution in [3.8, 4) is 0 Å². The van der Waals surface area contributed by atoms with Crippen molar-refractivity contribution in [2.24, 2.45) is 4.99 Å². The minimum atomic E-state index is 0. The fraction of sp³-hybridized carbons (Fsp3) is 0.857. The summed E-state index contributed by atoms with van der Waals surface area (Å²) in [5.74, 6) is 0.962. The lowest BCUT2D eigenvalue weighted by Gasteiger charge is -2.25. The molecule has 6 nitrogen and oxygen atoms in total. The molecule has 0 aromatic rings. The summed E-state index contributed by atoms with van der Waals surface area (Å²) >= 11 is 0. The second-order valence-electron chi connectivity index (χ2n) is 6.12. The van der Waals surface area contributed by atoms with Gasteiger partial charge in [0, 0.05) is 37.6 Å². The van der Waals surface area contributed by atoms with Crippen molar-refractivity contribution in [1.82, 2.24) is 21.3 Å². The minimum Gasteiger partial charge on any atom is -0.357 e. The Morgan fingerprint density at radius 2 is 2.14 bits per heavy atom. The van der Waals surface area contributed by atoms with E-state index >= 15 is 0 Å². The van der Waals surface area contributed by atoms with E-state index in [0.29, 0.717) is 13.0 Å². The highest BCUT2D eigenvalue weighted by Gasteiger charge is 2.18. The Hall–Kier alpha value is -0.570. The van der Waals surface area contributed by atoms with Crippen LogP contribution < -0.4 is 21.3 Å². The molecule has 21 heavy (non-hydrogen) atoms. The van der Waals surface area contributed by atoms with Crippen LogP contribution in [0.1, 0.15) is 40.5 Å². The second kappa shape index (κ2) is 10.2. The number of carbonyl (C=O) groups is 1. The lowest BCUT2D eigenvalue weighted by Crippen LogP contribution is -2.51. The van der Waals surface area contributed by atoms with E-state index in [4.69, 9.17) is 0 Å². The number of hydrogen-bond donors (Lipinski definition) is 4. The smallest absolute Gasteiger partial charge is 0.220 e. The summed E-state index contributed by atoms with van der Waals surface area (Å²) in [5, 5.41) is 12.9. The van der Waals surface area contributed by atoms with E-state index in [1.165, 1.54) is 0 Å². The van der Waals surface area contributed by atoms with Gasteiger partial charge in [-0.3, -0.25) is 9.79 Å². The number of guanidine groups is 1. The molecular formula is C14H30IN5O. The average molecular weight is 411 g/mol. The molecule has 0 aromatic heterocycles. The van der Waals surface area contributed by atoms with E-state index in [1.807, 2.05) is 6.92 Å². The van der Waals surface area contributed by atoms with Crippen molar-refractivity contribution in [1.29, 1.82) is 0 Å². The minimum absolute atomic E-state index is 0. The Kier molecular flexibility index (Phi) is 9.93. The van der Waals surface area contributed by atoms with Gasteiger partial charge in [0.25, 0.3) is 0 Å². The van der Waals surface area contributed by atoms with Gasteiger partial charge in [0.05, 0.1) is 6.54 Å². The second-order valence-corrected chi connectivity index (χ2v) is 6.12. The van der Waals surface area contributed by atoms with E-state index in [9.17, 15) is 4.79 Å². The predicted molar refractivity (Wildman–Crippen MR) is 98.3 cm³/mol. The van der Waals surface area contributed by atoms with Crippen LogP contribution in [-0.2, 0) is 4.79 Å². The quantitative estimate of drug-likeness (QED) is 0.234. The molecule has 4 N–H and O–H groups in total. The molecule has 1 heterocycles. The van der Waals surface area contributed by atoms with Crippen LogP contribution in [0.5, 0.6) is 0 Å². The Bertz CT molecular complexity index is 331. The predicted octanol–water partition coefficient (Wildman–Crippen LogP) is 0.826. The summed E-state index contributed by atoms with van der Waals surface area (Å²) in [7, 11) is 0. The third-order valence-corrected chi connectivity index (χ3v) is 2.99. The maximum Gasteiger partial charge on any atom is 0.220 e. The average Bonchev–Trinajstić information content (AvgIpc) is 2.36. The monoisotopic (exact) mass is 411 g/mol. The largest absolute Gasteiger partial charge is 0.357 e. The fourth-order valence-corrected chi connectivity index (χ4v) is 1.97. The van der Waals surface area contributed by atoms with Gasteiger partial charge in [0.15, 0.2) is 5.96 Å². The zero-order valence-corrected chi connectivity index (χ0v) is 15.9. The lowest BCUT2D eigenvalue weighted by atomic mass is 10.1. The summed E-state index contributed by atoms with van der Waals surface area (Å²) in [6, 6.07) is 0.265. The fourth-order valence-electron chi connectivity index (χ4n) is 1.97. The molecule has 1 amide bonds. The summed E-state index contributed by atoms with van der Waals surface area (Å²) in [4.78, 5) is 15.7. The molecule has 0 aliphatic carbocycles. The van der Waals surface area contributed by atoms with E-state index in [1.54, 1.807) is 0 Å². The first-order valence-electron chi connectivity index (χ1n) is 7.47. The maximum atomic E-state index is 11.1. The number of nitrogens with one attached hydrogen (secondary N) is 4. The standard InChI is InChI=1S/C14H29N5O.HI/c1-5-15-13(16-8-9-18-14(2,3)4)19-11-6-7-12(20)17-10-11;/h11,18H,5-10H2,1-4H3,(H,17,20)(H2,15,16,19);1H. The van der Waals surface area contributed by atoms with Crippen LogP contribution in [0.25, 0.3) is 0 Å². The molecule has 1 atom stereocenters. The zero-order chi connectivity index (χ0) is 15.0. The van der Waals surface area contributed by atoms with Crippen molar-refractivity contribution in [2.45, 2.75) is 52.1 Å². The van der Waals surface area contributed by atoms with E-state index < -0.39 is 0 Å². The first-order valence-corrected chi connectivity index (χ1v) is 7.47. The van der Waals surface area contributed by atoms with Crippen LogP contribution in [0.4, 0.5) is 0 Å². The van der Waals surface area contributed by atoms with Crippen molar-refractivity contribution >= 4 is 35.8 Å². The topological polar surface area (TPSA) is 77.6 Å². The molecule has 0 radical (unpaired) electrons. The number of amides is 1. The molecule has 7 heteroatoms. The molecule has 1 rings (SSSR count). The molecule has 0 saturated carbocycles. The molecular weight excluding hydrogens is 381 g/mol. The van der Waals surface area contributed by atoms with Gasteiger partial charge in [-0.25, -0.2) is 0 Å². The third-order valence-electron chi connectivity index (χ3n) is 2.99. The third kappa shape index (κ3) is 9.89. The van der Waals surface area contributed by atoms with Crippen LogP contribution >= 0.6 is 24.0 Å². The zero-order valence-electron chi connectivity index (χ0n) is 13.6. The summed E-state index contributed by atoms with van der Waals surface area (Å²) < 4.78 is 0. The van der Waals surface area contributed by atoms with Crippen LogP contribution in [0.15, 0.2) is 4.99 Å².